The van der Waals surface area contributed by atoms with Crippen molar-refractivity contribution in [3.8, 4) is 11.5 Å². The number of anilines is 1. The van der Waals surface area contributed by atoms with Gasteiger partial charge in [-0.2, -0.15) is 0 Å². The molecule has 0 radical (unpaired) electrons. The first kappa shape index (κ1) is 35.3. The highest BCUT2D eigenvalue weighted by Gasteiger charge is 2.34. The zero-order valence-corrected chi connectivity index (χ0v) is 28.3. The van der Waals surface area contributed by atoms with Crippen LogP contribution in [0.15, 0.2) is 108 Å². The Hall–Kier alpha value is -4.54. The lowest BCUT2D eigenvalue weighted by Crippen LogP contribution is -2.53. The number of methoxy groups -OCH3 is 2. The van der Waals surface area contributed by atoms with E-state index in [1.54, 1.807) is 43.5 Å². The summed E-state index contributed by atoms with van der Waals surface area (Å²) in [5.41, 5.74) is 1.77. The van der Waals surface area contributed by atoms with Gasteiger partial charge < -0.3 is 19.7 Å². The molecule has 0 saturated carbocycles. The molecule has 0 bridgehead atoms. The number of carbonyl (C=O) groups is 2. The Morgan fingerprint density at radius 3 is 2.17 bits per heavy atom. The van der Waals surface area contributed by atoms with Crippen molar-refractivity contribution < 1.29 is 27.5 Å². The average Bonchev–Trinajstić information content (AvgIpc) is 3.09. The summed E-state index contributed by atoms with van der Waals surface area (Å²) < 4.78 is 40.0. The zero-order valence-electron chi connectivity index (χ0n) is 26.8. The zero-order chi connectivity index (χ0) is 33.8. The number of halogens is 1. The van der Waals surface area contributed by atoms with E-state index in [9.17, 15) is 18.0 Å². The van der Waals surface area contributed by atoms with Crippen LogP contribution in [-0.4, -0.2) is 58.5 Å². The van der Waals surface area contributed by atoms with Crippen LogP contribution in [0.2, 0.25) is 5.02 Å². The van der Waals surface area contributed by atoms with Crippen molar-refractivity contribution >= 4 is 39.1 Å². The summed E-state index contributed by atoms with van der Waals surface area (Å²) >= 11 is 6.30. The van der Waals surface area contributed by atoms with Crippen LogP contribution >= 0.6 is 11.6 Å². The fourth-order valence-electron chi connectivity index (χ4n) is 5.06. The quantitative estimate of drug-likeness (QED) is 0.144. The fourth-order valence-corrected chi connectivity index (χ4v) is 6.65. The van der Waals surface area contributed by atoms with E-state index in [0.717, 1.165) is 22.7 Å². The van der Waals surface area contributed by atoms with Gasteiger partial charge in [0.25, 0.3) is 10.0 Å². The highest BCUT2D eigenvalue weighted by atomic mass is 35.5. The Labute approximate surface area is 282 Å². The standard InChI is InChI=1S/C36H40ClN3O6S/c1-4-5-21-38-36(42)34(23-27-11-7-6-8-12-27)39(25-28-13-9-16-32(22-28)46-3)35(41)26-40(30-15-10-14-29(37)24-30)47(43,44)33-19-17-31(45-2)18-20-33/h6-20,22,24,34H,4-5,21,23,25-26H2,1-3H3,(H,38,42)/t34-/m0/s1. The maximum atomic E-state index is 14.6. The summed E-state index contributed by atoms with van der Waals surface area (Å²) in [4.78, 5) is 29.9. The van der Waals surface area contributed by atoms with E-state index in [2.05, 4.69) is 5.32 Å². The molecule has 4 aromatic rings. The summed E-state index contributed by atoms with van der Waals surface area (Å²) in [5, 5.41) is 3.29. The van der Waals surface area contributed by atoms with E-state index >= 15 is 0 Å². The molecule has 0 aromatic heterocycles. The molecule has 0 aliphatic heterocycles. The minimum atomic E-state index is -4.28. The van der Waals surface area contributed by atoms with E-state index in [0.29, 0.717) is 28.6 Å². The third-order valence-electron chi connectivity index (χ3n) is 7.61. The predicted molar refractivity (Wildman–Crippen MR) is 184 cm³/mol. The van der Waals surface area contributed by atoms with Gasteiger partial charge in [0.05, 0.1) is 24.8 Å². The molecule has 4 aromatic carbocycles. The molecule has 0 aliphatic rings. The Balaban J connectivity index is 1.80. The topological polar surface area (TPSA) is 105 Å². The van der Waals surface area contributed by atoms with Crippen LogP contribution in [-0.2, 0) is 32.6 Å². The van der Waals surface area contributed by atoms with Gasteiger partial charge in [0, 0.05) is 24.5 Å². The van der Waals surface area contributed by atoms with Gasteiger partial charge in [0.2, 0.25) is 11.8 Å². The lowest BCUT2D eigenvalue weighted by Gasteiger charge is -2.34. The van der Waals surface area contributed by atoms with Crippen LogP contribution in [0, 0.1) is 0 Å². The van der Waals surface area contributed by atoms with Gasteiger partial charge in [-0.3, -0.25) is 13.9 Å². The van der Waals surface area contributed by atoms with Gasteiger partial charge in [-0.1, -0.05) is 73.5 Å². The number of amides is 2. The van der Waals surface area contributed by atoms with Gasteiger partial charge in [-0.05, 0) is 72.1 Å². The predicted octanol–water partition coefficient (Wildman–Crippen LogP) is 6.11. The van der Waals surface area contributed by atoms with Gasteiger partial charge >= 0.3 is 0 Å². The third-order valence-corrected chi connectivity index (χ3v) is 9.63. The largest absolute Gasteiger partial charge is 0.497 e. The first-order valence-corrected chi connectivity index (χ1v) is 17.1. The van der Waals surface area contributed by atoms with Crippen LogP contribution < -0.4 is 19.1 Å². The van der Waals surface area contributed by atoms with Crippen LogP contribution in [0.5, 0.6) is 11.5 Å². The van der Waals surface area contributed by atoms with Gasteiger partial charge in [-0.15, -0.1) is 0 Å². The molecule has 0 heterocycles. The fraction of sp³-hybridized carbons (Fsp3) is 0.278. The molecule has 1 atom stereocenters. The SMILES string of the molecule is CCCCNC(=O)[C@H](Cc1ccccc1)N(Cc1cccc(OC)c1)C(=O)CN(c1cccc(Cl)c1)S(=O)(=O)c1ccc(OC)cc1. The second-order valence-corrected chi connectivity index (χ2v) is 13.2. The number of nitrogens with zero attached hydrogens (tertiary/aromatic N) is 2. The van der Waals surface area contributed by atoms with Gasteiger partial charge in [0.1, 0.15) is 24.1 Å². The van der Waals surface area contributed by atoms with Crippen LogP contribution in [0.1, 0.15) is 30.9 Å². The Morgan fingerprint density at radius 1 is 0.830 bits per heavy atom. The number of hydrogen-bond acceptors (Lipinski definition) is 6. The second-order valence-electron chi connectivity index (χ2n) is 10.9. The minimum Gasteiger partial charge on any atom is -0.497 e. The van der Waals surface area contributed by atoms with Crippen molar-refractivity contribution in [3.05, 3.63) is 119 Å². The lowest BCUT2D eigenvalue weighted by molar-refractivity contribution is -0.140. The summed E-state index contributed by atoms with van der Waals surface area (Å²) in [6, 6.07) is 27.9. The molecule has 4 rings (SSSR count). The Morgan fingerprint density at radius 2 is 1.51 bits per heavy atom. The van der Waals surface area contributed by atoms with E-state index in [-0.39, 0.29) is 29.5 Å². The number of hydrogen-bond donors (Lipinski definition) is 1. The second kappa shape index (κ2) is 16.9. The van der Waals surface area contributed by atoms with Crippen molar-refractivity contribution in [1.82, 2.24) is 10.2 Å². The molecular weight excluding hydrogens is 638 g/mol. The summed E-state index contributed by atoms with van der Waals surface area (Å²) in [5.74, 6) is 0.170. The van der Waals surface area contributed by atoms with Crippen LogP contribution in [0.25, 0.3) is 0 Å². The molecule has 0 spiro atoms. The van der Waals surface area contributed by atoms with E-state index in [4.69, 9.17) is 21.1 Å². The molecule has 0 saturated heterocycles. The molecule has 0 aliphatic carbocycles. The van der Waals surface area contributed by atoms with Crippen molar-refractivity contribution in [2.24, 2.45) is 0 Å². The third kappa shape index (κ3) is 9.49. The molecule has 0 fully saturated rings. The molecule has 1 N–H and O–H groups in total. The number of sulfonamides is 1. The molecule has 248 valence electrons. The molecule has 11 heteroatoms. The highest BCUT2D eigenvalue weighted by Crippen LogP contribution is 2.28. The maximum absolute atomic E-state index is 14.6. The first-order valence-electron chi connectivity index (χ1n) is 15.3. The number of ether oxygens (including phenoxy) is 2. The van der Waals surface area contributed by atoms with Gasteiger partial charge in [-0.25, -0.2) is 8.42 Å². The molecule has 0 unspecified atom stereocenters. The van der Waals surface area contributed by atoms with Crippen molar-refractivity contribution in [1.29, 1.82) is 0 Å². The van der Waals surface area contributed by atoms with Crippen molar-refractivity contribution in [2.45, 2.75) is 43.7 Å². The molecular formula is C36H40ClN3O6S. The summed E-state index contributed by atoms with van der Waals surface area (Å²) in [6.07, 6.45) is 1.88. The summed E-state index contributed by atoms with van der Waals surface area (Å²) in [6.45, 7) is 1.91. The molecule has 47 heavy (non-hydrogen) atoms. The number of benzene rings is 4. The van der Waals surface area contributed by atoms with Crippen LogP contribution in [0.3, 0.4) is 0 Å². The first-order chi connectivity index (χ1) is 22.7. The minimum absolute atomic E-state index is 0.0285. The highest BCUT2D eigenvalue weighted by molar-refractivity contribution is 7.92. The Bertz CT molecular complexity index is 1740. The number of rotatable bonds is 16. The average molecular weight is 678 g/mol. The van der Waals surface area contributed by atoms with E-state index < -0.39 is 28.5 Å². The monoisotopic (exact) mass is 677 g/mol. The van der Waals surface area contributed by atoms with Gasteiger partial charge in [0.15, 0.2) is 0 Å². The molecule has 2 amide bonds. The number of carbonyl (C=O) groups excluding carboxylic acids is 2. The lowest BCUT2D eigenvalue weighted by atomic mass is 10.0. The van der Waals surface area contributed by atoms with Crippen molar-refractivity contribution in [2.75, 3.05) is 31.6 Å². The molecule has 9 nitrogen and oxygen atoms in total. The van der Waals surface area contributed by atoms with E-state index in [1.807, 2.05) is 43.3 Å². The Kier molecular flexibility index (Phi) is 12.7. The van der Waals surface area contributed by atoms with Crippen molar-refractivity contribution in [3.63, 3.8) is 0 Å². The smallest absolute Gasteiger partial charge is 0.264 e. The van der Waals surface area contributed by atoms with Crippen LogP contribution in [0.4, 0.5) is 5.69 Å². The summed E-state index contributed by atoms with van der Waals surface area (Å²) in [7, 11) is -1.24. The van der Waals surface area contributed by atoms with E-state index in [1.165, 1.54) is 42.3 Å². The number of unbranched alkanes of at least 4 members (excludes halogenated alkanes) is 1. The number of nitrogens with one attached hydrogen (secondary N) is 1. The maximum Gasteiger partial charge on any atom is 0.264 e. The normalized spacial score (nSPS) is 11.7.